The molecule has 0 aliphatic carbocycles. The van der Waals surface area contributed by atoms with Crippen molar-refractivity contribution in [3.05, 3.63) is 64.7 Å². The second-order valence-electron chi connectivity index (χ2n) is 8.69. The highest BCUT2D eigenvalue weighted by molar-refractivity contribution is 5.68. The Morgan fingerprint density at radius 2 is 1.56 bits per heavy atom. The number of carbonyl (C=O) groups is 3. The predicted molar refractivity (Wildman–Crippen MR) is 130 cm³/mol. The zero-order valence-corrected chi connectivity index (χ0v) is 21.0. The van der Waals surface area contributed by atoms with Crippen LogP contribution in [-0.4, -0.2) is 56.0 Å². The molecule has 36 heavy (non-hydrogen) atoms. The van der Waals surface area contributed by atoms with Gasteiger partial charge in [-0.1, -0.05) is 30.3 Å². The van der Waals surface area contributed by atoms with Crippen LogP contribution in [0, 0.1) is 6.92 Å². The van der Waals surface area contributed by atoms with Crippen molar-refractivity contribution in [2.24, 2.45) is 5.73 Å². The van der Waals surface area contributed by atoms with Crippen molar-refractivity contribution in [3.63, 3.8) is 0 Å². The average molecular weight is 500 g/mol. The van der Waals surface area contributed by atoms with Crippen LogP contribution in [0.2, 0.25) is 0 Å². The van der Waals surface area contributed by atoms with E-state index in [-0.39, 0.29) is 6.61 Å². The molecule has 0 spiro atoms. The second kappa shape index (κ2) is 12.5. The lowest BCUT2D eigenvalue weighted by Crippen LogP contribution is -2.54. The summed E-state index contributed by atoms with van der Waals surface area (Å²) in [6, 6.07) is 13.7. The van der Waals surface area contributed by atoms with Gasteiger partial charge in [-0.25, -0.2) is 0 Å². The van der Waals surface area contributed by atoms with Crippen molar-refractivity contribution in [1.29, 1.82) is 0 Å². The molecule has 0 aromatic heterocycles. The van der Waals surface area contributed by atoms with E-state index in [1.54, 1.807) is 0 Å². The van der Waals surface area contributed by atoms with E-state index in [4.69, 9.17) is 29.4 Å². The fourth-order valence-corrected chi connectivity index (χ4v) is 4.19. The first-order valence-electron chi connectivity index (χ1n) is 11.8. The Bertz CT molecular complexity index is 1070. The molecule has 9 nitrogen and oxygen atoms in total. The maximum Gasteiger partial charge on any atom is 0.303 e. The molecule has 0 saturated carbocycles. The summed E-state index contributed by atoms with van der Waals surface area (Å²) >= 11 is 0. The minimum atomic E-state index is -1.01. The quantitative estimate of drug-likeness (QED) is 0.410. The topological polar surface area (TPSA) is 123 Å². The molecule has 4 atom stereocenters. The summed E-state index contributed by atoms with van der Waals surface area (Å²) in [6.45, 7) is 6.66. The third kappa shape index (κ3) is 7.29. The highest BCUT2D eigenvalue weighted by atomic mass is 16.6. The number of esters is 3. The molecule has 2 N–H and O–H groups in total. The first-order chi connectivity index (χ1) is 17.2. The largest absolute Gasteiger partial charge is 0.492 e. The monoisotopic (exact) mass is 499 g/mol. The molecule has 1 fully saturated rings. The number of hydrogen-bond acceptors (Lipinski definition) is 9. The van der Waals surface area contributed by atoms with Gasteiger partial charge in [0.25, 0.3) is 0 Å². The lowest BCUT2D eigenvalue weighted by Gasteiger charge is -2.40. The molecule has 1 heterocycles. The van der Waals surface area contributed by atoms with Crippen LogP contribution in [-0.2, 0) is 39.8 Å². The highest BCUT2D eigenvalue weighted by Gasteiger charge is 2.47. The van der Waals surface area contributed by atoms with Gasteiger partial charge < -0.3 is 29.4 Å². The predicted octanol–water partition coefficient (Wildman–Crippen LogP) is 2.79. The zero-order chi connectivity index (χ0) is 26.2. The minimum Gasteiger partial charge on any atom is -0.492 e. The normalized spacial score (nSPS) is 21.4. The van der Waals surface area contributed by atoms with E-state index >= 15 is 0 Å². The van der Waals surface area contributed by atoms with E-state index < -0.39 is 42.3 Å². The van der Waals surface area contributed by atoms with Crippen molar-refractivity contribution in [2.75, 3.05) is 19.8 Å². The smallest absolute Gasteiger partial charge is 0.303 e. The lowest BCUT2D eigenvalue weighted by atomic mass is 9.90. The van der Waals surface area contributed by atoms with Crippen LogP contribution in [0.5, 0.6) is 5.75 Å². The number of ether oxygens (including phenoxy) is 5. The standard InChI is InChI=1S/C27H33NO8/c1-16-5-8-21(14-22(16)13-20-6-9-23(10-7-20)32-12-11-28)25-27(36-19(4)31)26(35-18(3)30)24(15-33-25)34-17(2)29/h5-10,14,24-27H,11-13,15,28H2,1-4H3/t24-,25+,26+,27+/m1/s1. The van der Waals surface area contributed by atoms with Gasteiger partial charge in [-0.05, 0) is 47.7 Å². The third-order valence-electron chi connectivity index (χ3n) is 5.76. The van der Waals surface area contributed by atoms with Gasteiger partial charge in [-0.15, -0.1) is 0 Å². The average Bonchev–Trinajstić information content (AvgIpc) is 2.81. The second-order valence-corrected chi connectivity index (χ2v) is 8.69. The Hall–Kier alpha value is -3.43. The Labute approximate surface area is 210 Å². The summed E-state index contributed by atoms with van der Waals surface area (Å²) in [7, 11) is 0. The van der Waals surface area contributed by atoms with Crippen LogP contribution in [0.25, 0.3) is 0 Å². The Balaban J connectivity index is 1.88. The Kier molecular flexibility index (Phi) is 9.44. The van der Waals surface area contributed by atoms with Gasteiger partial charge in [-0.3, -0.25) is 14.4 Å². The molecule has 3 rings (SSSR count). The van der Waals surface area contributed by atoms with E-state index in [2.05, 4.69) is 0 Å². The van der Waals surface area contributed by atoms with Crippen LogP contribution in [0.3, 0.4) is 0 Å². The number of nitrogens with two attached hydrogens (primary N) is 1. The summed E-state index contributed by atoms with van der Waals surface area (Å²) in [5, 5.41) is 0. The first kappa shape index (κ1) is 27.2. The molecule has 9 heteroatoms. The van der Waals surface area contributed by atoms with Gasteiger partial charge in [0.2, 0.25) is 0 Å². The highest BCUT2D eigenvalue weighted by Crippen LogP contribution is 2.35. The van der Waals surface area contributed by atoms with Crippen molar-refractivity contribution in [1.82, 2.24) is 0 Å². The van der Waals surface area contributed by atoms with Gasteiger partial charge in [0, 0.05) is 27.3 Å². The summed E-state index contributed by atoms with van der Waals surface area (Å²) in [4.78, 5) is 35.4. The fourth-order valence-electron chi connectivity index (χ4n) is 4.19. The number of aryl methyl sites for hydroxylation is 1. The summed E-state index contributed by atoms with van der Waals surface area (Å²) in [5.41, 5.74) is 9.46. The molecule has 2 aromatic rings. The lowest BCUT2D eigenvalue weighted by molar-refractivity contribution is -0.227. The fraction of sp³-hybridized carbons (Fsp3) is 0.444. The van der Waals surface area contributed by atoms with Gasteiger partial charge >= 0.3 is 17.9 Å². The molecular formula is C27H33NO8. The van der Waals surface area contributed by atoms with Crippen LogP contribution in [0.15, 0.2) is 42.5 Å². The van der Waals surface area contributed by atoms with Crippen LogP contribution < -0.4 is 10.5 Å². The van der Waals surface area contributed by atoms with Crippen molar-refractivity contribution in [3.8, 4) is 5.75 Å². The van der Waals surface area contributed by atoms with E-state index in [9.17, 15) is 14.4 Å². The summed E-state index contributed by atoms with van der Waals surface area (Å²) < 4.78 is 27.9. The number of carbonyl (C=O) groups excluding carboxylic acids is 3. The van der Waals surface area contributed by atoms with Crippen molar-refractivity contribution >= 4 is 17.9 Å². The molecule has 1 saturated heterocycles. The summed E-state index contributed by atoms with van der Waals surface area (Å²) in [6.07, 6.45) is -2.99. The first-order valence-corrected chi connectivity index (χ1v) is 11.8. The molecule has 0 radical (unpaired) electrons. The molecule has 194 valence electrons. The van der Waals surface area contributed by atoms with E-state index in [1.807, 2.05) is 49.4 Å². The van der Waals surface area contributed by atoms with Crippen LogP contribution in [0.1, 0.15) is 49.1 Å². The van der Waals surface area contributed by atoms with E-state index in [1.165, 1.54) is 20.8 Å². The molecule has 0 unspecified atom stereocenters. The molecule has 1 aliphatic rings. The number of benzene rings is 2. The SMILES string of the molecule is CC(=O)O[C@@H]1[C@@H](OC(C)=O)[C@H](c2ccc(C)c(Cc3ccc(OCCN)cc3)c2)OC[C@H]1OC(C)=O. The summed E-state index contributed by atoms with van der Waals surface area (Å²) in [5.74, 6) is -0.955. The third-order valence-corrected chi connectivity index (χ3v) is 5.76. The van der Waals surface area contributed by atoms with Crippen LogP contribution >= 0.6 is 0 Å². The maximum atomic E-state index is 12.0. The molecule has 0 amide bonds. The van der Waals surface area contributed by atoms with Gasteiger partial charge in [-0.2, -0.15) is 0 Å². The van der Waals surface area contributed by atoms with E-state index in [0.29, 0.717) is 19.6 Å². The van der Waals surface area contributed by atoms with Gasteiger partial charge in [0.15, 0.2) is 18.3 Å². The molecule has 1 aliphatic heterocycles. The zero-order valence-electron chi connectivity index (χ0n) is 21.0. The van der Waals surface area contributed by atoms with Crippen molar-refractivity contribution < 1.29 is 38.1 Å². The Morgan fingerprint density at radius 1 is 0.917 bits per heavy atom. The van der Waals surface area contributed by atoms with Crippen LogP contribution in [0.4, 0.5) is 0 Å². The molecule has 2 aromatic carbocycles. The van der Waals surface area contributed by atoms with Gasteiger partial charge in [0.05, 0.1) is 6.61 Å². The minimum absolute atomic E-state index is 0.0204. The molecule has 0 bridgehead atoms. The molecular weight excluding hydrogens is 466 g/mol. The number of rotatable bonds is 9. The maximum absolute atomic E-state index is 12.0. The van der Waals surface area contributed by atoms with Crippen molar-refractivity contribution in [2.45, 2.75) is 58.5 Å². The van der Waals surface area contributed by atoms with E-state index in [0.717, 1.165) is 28.0 Å². The number of hydrogen-bond donors (Lipinski definition) is 1. The van der Waals surface area contributed by atoms with Gasteiger partial charge in [0.1, 0.15) is 18.5 Å². The Morgan fingerprint density at radius 3 is 2.17 bits per heavy atom.